The van der Waals surface area contributed by atoms with Crippen LogP contribution >= 0.6 is 0 Å². The van der Waals surface area contributed by atoms with Gasteiger partial charge in [-0.05, 0) is 19.3 Å². The lowest BCUT2D eigenvalue weighted by atomic mass is 9.62. The highest BCUT2D eigenvalue weighted by molar-refractivity contribution is 5.91. The number of carbonyl (C=O) groups excluding carboxylic acids is 2. The van der Waals surface area contributed by atoms with Gasteiger partial charge >= 0.3 is 0 Å². The molecule has 2 aliphatic rings. The molecule has 0 bridgehead atoms. The first kappa shape index (κ1) is 11.6. The van der Waals surface area contributed by atoms with Gasteiger partial charge < -0.3 is 4.90 Å². The zero-order valence-corrected chi connectivity index (χ0v) is 10.5. The first-order valence-corrected chi connectivity index (χ1v) is 6.18. The maximum atomic E-state index is 12.1. The minimum atomic E-state index is -0.297. The molecular formula is C13H21NO2. The van der Waals surface area contributed by atoms with Crippen molar-refractivity contribution in [1.82, 2.24) is 4.90 Å². The molecule has 1 aliphatic carbocycles. The number of ketones is 1. The van der Waals surface area contributed by atoms with E-state index in [-0.39, 0.29) is 16.7 Å². The monoisotopic (exact) mass is 223 g/mol. The van der Waals surface area contributed by atoms with Gasteiger partial charge in [0, 0.05) is 30.3 Å². The van der Waals surface area contributed by atoms with Crippen LogP contribution < -0.4 is 0 Å². The molecule has 0 atom stereocenters. The van der Waals surface area contributed by atoms with Gasteiger partial charge in [0.25, 0.3) is 0 Å². The Bertz CT molecular complexity index is 319. The lowest BCUT2D eigenvalue weighted by molar-refractivity contribution is -0.150. The molecule has 1 heterocycles. The number of likely N-dealkylation sites (tertiary alicyclic amines) is 1. The van der Waals surface area contributed by atoms with E-state index in [4.69, 9.17) is 0 Å². The molecule has 0 aromatic rings. The van der Waals surface area contributed by atoms with Gasteiger partial charge in [0.2, 0.25) is 5.91 Å². The highest BCUT2D eigenvalue weighted by Gasteiger charge is 2.48. The molecule has 1 spiro atoms. The largest absolute Gasteiger partial charge is 0.342 e. The van der Waals surface area contributed by atoms with Crippen LogP contribution in [0.3, 0.4) is 0 Å². The summed E-state index contributed by atoms with van der Waals surface area (Å²) in [5, 5.41) is 0. The first-order chi connectivity index (χ1) is 7.35. The minimum Gasteiger partial charge on any atom is -0.342 e. The van der Waals surface area contributed by atoms with Crippen LogP contribution in [0.2, 0.25) is 0 Å². The maximum absolute atomic E-state index is 12.1. The third-order valence-electron chi connectivity index (χ3n) is 4.07. The molecule has 1 amide bonds. The summed E-state index contributed by atoms with van der Waals surface area (Å²) in [6.45, 7) is 7.39. The minimum absolute atomic E-state index is 0.0331. The van der Waals surface area contributed by atoms with Crippen molar-refractivity contribution < 1.29 is 9.59 Å². The molecule has 0 N–H and O–H groups in total. The van der Waals surface area contributed by atoms with E-state index < -0.39 is 0 Å². The molecule has 0 radical (unpaired) electrons. The Labute approximate surface area is 97.2 Å². The number of piperidine rings is 1. The first-order valence-electron chi connectivity index (χ1n) is 6.18. The Morgan fingerprint density at radius 3 is 2.06 bits per heavy atom. The Balaban J connectivity index is 1.95. The Morgan fingerprint density at radius 2 is 1.75 bits per heavy atom. The SMILES string of the molecule is CC(C)(C)C(=O)N1CCC2(CCC2=O)CC1. The molecule has 16 heavy (non-hydrogen) atoms. The van der Waals surface area contributed by atoms with Crippen LogP contribution in [0.15, 0.2) is 0 Å². The zero-order chi connectivity index (χ0) is 12.0. The van der Waals surface area contributed by atoms with E-state index in [1.165, 1.54) is 0 Å². The van der Waals surface area contributed by atoms with E-state index >= 15 is 0 Å². The van der Waals surface area contributed by atoms with Crippen LogP contribution in [0.25, 0.3) is 0 Å². The van der Waals surface area contributed by atoms with Crippen molar-refractivity contribution >= 4 is 11.7 Å². The summed E-state index contributed by atoms with van der Waals surface area (Å²) in [7, 11) is 0. The second-order valence-corrected chi connectivity index (χ2v) is 6.25. The highest BCUT2D eigenvalue weighted by Crippen LogP contribution is 2.46. The standard InChI is InChI=1S/C13H21NO2/c1-12(2,3)11(16)14-8-6-13(7-9-14)5-4-10(13)15/h4-9H2,1-3H3. The fourth-order valence-electron chi connectivity index (χ4n) is 2.72. The summed E-state index contributed by atoms with van der Waals surface area (Å²) in [6.07, 6.45) is 3.57. The van der Waals surface area contributed by atoms with E-state index in [1.54, 1.807) is 0 Å². The quantitative estimate of drug-likeness (QED) is 0.630. The number of nitrogens with zero attached hydrogens (tertiary/aromatic N) is 1. The normalized spacial score (nSPS) is 24.4. The van der Waals surface area contributed by atoms with E-state index in [2.05, 4.69) is 0 Å². The van der Waals surface area contributed by atoms with Gasteiger partial charge in [-0.1, -0.05) is 20.8 Å². The fraction of sp³-hybridized carbons (Fsp3) is 0.846. The third kappa shape index (κ3) is 1.76. The van der Waals surface area contributed by atoms with Gasteiger partial charge in [0.1, 0.15) is 5.78 Å². The Kier molecular flexibility index (Phi) is 2.59. The third-order valence-corrected chi connectivity index (χ3v) is 4.07. The molecule has 0 aromatic heterocycles. The van der Waals surface area contributed by atoms with Gasteiger partial charge in [-0.15, -0.1) is 0 Å². The number of hydrogen-bond donors (Lipinski definition) is 0. The zero-order valence-electron chi connectivity index (χ0n) is 10.5. The molecule has 3 nitrogen and oxygen atoms in total. The lowest BCUT2D eigenvalue weighted by Gasteiger charge is -2.47. The summed E-state index contributed by atoms with van der Waals surface area (Å²) < 4.78 is 0. The molecule has 1 aliphatic heterocycles. The fourth-order valence-corrected chi connectivity index (χ4v) is 2.72. The van der Waals surface area contributed by atoms with E-state index in [0.29, 0.717) is 5.78 Å². The molecule has 2 fully saturated rings. The van der Waals surface area contributed by atoms with E-state index in [0.717, 1.165) is 38.8 Å². The second kappa shape index (κ2) is 3.57. The number of amides is 1. The van der Waals surface area contributed by atoms with Crippen molar-refractivity contribution in [3.05, 3.63) is 0 Å². The number of hydrogen-bond acceptors (Lipinski definition) is 2. The van der Waals surface area contributed by atoms with Crippen LogP contribution in [0.4, 0.5) is 0 Å². The van der Waals surface area contributed by atoms with Crippen molar-refractivity contribution in [3.63, 3.8) is 0 Å². The van der Waals surface area contributed by atoms with E-state index in [9.17, 15) is 9.59 Å². The maximum Gasteiger partial charge on any atom is 0.227 e. The van der Waals surface area contributed by atoms with Crippen molar-refractivity contribution in [2.45, 2.75) is 46.5 Å². The van der Waals surface area contributed by atoms with Gasteiger partial charge in [0.15, 0.2) is 0 Å². The van der Waals surface area contributed by atoms with Gasteiger partial charge in [-0.3, -0.25) is 9.59 Å². The lowest BCUT2D eigenvalue weighted by Crippen LogP contribution is -2.52. The number of Topliss-reactive ketones (excluding diaryl/α,β-unsaturated/α-hetero) is 1. The number of carbonyl (C=O) groups is 2. The molecule has 2 rings (SSSR count). The van der Waals surface area contributed by atoms with Crippen molar-refractivity contribution in [2.75, 3.05) is 13.1 Å². The van der Waals surface area contributed by atoms with E-state index in [1.807, 2.05) is 25.7 Å². The predicted octanol–water partition coefficient (Wildman–Crippen LogP) is 2.00. The molecule has 0 aromatic carbocycles. The molecule has 1 saturated heterocycles. The van der Waals surface area contributed by atoms with Crippen molar-refractivity contribution in [2.24, 2.45) is 10.8 Å². The summed E-state index contributed by atoms with van der Waals surface area (Å²) in [4.78, 5) is 25.6. The van der Waals surface area contributed by atoms with Crippen LogP contribution in [-0.2, 0) is 9.59 Å². The van der Waals surface area contributed by atoms with Crippen LogP contribution in [0.5, 0.6) is 0 Å². The van der Waals surface area contributed by atoms with Crippen LogP contribution in [-0.4, -0.2) is 29.7 Å². The summed E-state index contributed by atoms with van der Waals surface area (Å²) in [5.41, 5.74) is -0.331. The van der Waals surface area contributed by atoms with Crippen LogP contribution in [0, 0.1) is 10.8 Å². The molecule has 3 heteroatoms. The van der Waals surface area contributed by atoms with Crippen molar-refractivity contribution in [3.8, 4) is 0 Å². The molecule has 1 saturated carbocycles. The van der Waals surface area contributed by atoms with Gasteiger partial charge in [0.05, 0.1) is 0 Å². The topological polar surface area (TPSA) is 37.4 Å². The van der Waals surface area contributed by atoms with Gasteiger partial charge in [-0.25, -0.2) is 0 Å². The molecule has 0 unspecified atom stereocenters. The Hall–Kier alpha value is -0.860. The van der Waals surface area contributed by atoms with Crippen molar-refractivity contribution in [1.29, 1.82) is 0 Å². The average Bonchev–Trinajstić information content (AvgIpc) is 2.25. The number of rotatable bonds is 0. The summed E-state index contributed by atoms with van der Waals surface area (Å²) >= 11 is 0. The Morgan fingerprint density at radius 1 is 1.19 bits per heavy atom. The van der Waals surface area contributed by atoms with Gasteiger partial charge in [-0.2, -0.15) is 0 Å². The molecular weight excluding hydrogens is 202 g/mol. The average molecular weight is 223 g/mol. The predicted molar refractivity (Wildman–Crippen MR) is 61.9 cm³/mol. The summed E-state index contributed by atoms with van der Waals surface area (Å²) in [5.74, 6) is 0.643. The summed E-state index contributed by atoms with van der Waals surface area (Å²) in [6, 6.07) is 0. The highest BCUT2D eigenvalue weighted by atomic mass is 16.2. The smallest absolute Gasteiger partial charge is 0.227 e. The second-order valence-electron chi connectivity index (χ2n) is 6.25. The van der Waals surface area contributed by atoms with Crippen LogP contribution in [0.1, 0.15) is 46.5 Å². The molecule has 90 valence electrons.